The third-order valence-electron chi connectivity index (χ3n) is 4.11. The zero-order valence-corrected chi connectivity index (χ0v) is 15.9. The molecule has 0 aliphatic carbocycles. The van der Waals surface area contributed by atoms with Crippen molar-refractivity contribution in [3.05, 3.63) is 92.2 Å². The Balaban J connectivity index is 1.64. The number of carbonyl (C=O) groups is 2. The Bertz CT molecular complexity index is 1020. The van der Waals surface area contributed by atoms with Gasteiger partial charge in [0.2, 0.25) is 0 Å². The number of aliphatic hydroxyl groups excluding tert-OH is 1. The zero-order valence-electron chi connectivity index (χ0n) is 15.1. The number of hydrogen-bond donors (Lipinski definition) is 3. The predicted molar refractivity (Wildman–Crippen MR) is 109 cm³/mol. The Morgan fingerprint density at radius 3 is 2.41 bits per heavy atom. The summed E-state index contributed by atoms with van der Waals surface area (Å²) in [7, 11) is 0. The fraction of sp³-hybridized carbons (Fsp3) is 0.100. The summed E-state index contributed by atoms with van der Waals surface area (Å²) in [6, 6.07) is 15.4. The number of nitro groups is 1. The van der Waals surface area contributed by atoms with E-state index < -0.39 is 16.9 Å². The van der Waals surface area contributed by atoms with Crippen LogP contribution >= 0.6 is 11.3 Å². The topological polar surface area (TPSA) is 122 Å². The molecule has 1 heterocycles. The fourth-order valence-electron chi connectivity index (χ4n) is 2.60. The lowest BCUT2D eigenvalue weighted by molar-refractivity contribution is -0.384. The maximum atomic E-state index is 12.6. The first kappa shape index (κ1) is 20.2. The average molecular weight is 411 g/mol. The second kappa shape index (κ2) is 9.09. The first-order chi connectivity index (χ1) is 14.0. The minimum atomic E-state index is -1.03. The van der Waals surface area contributed by atoms with Crippen LogP contribution in [0, 0.1) is 10.1 Å². The molecule has 3 rings (SSSR count). The number of para-hydroxylation sites is 1. The van der Waals surface area contributed by atoms with Gasteiger partial charge in [0.15, 0.2) is 0 Å². The SMILES string of the molecule is O=C(Nc1ccccc1C(=O)NC[C@H](O)c1ccc([N+](=O)[O-])cc1)c1cccs1. The molecule has 8 nitrogen and oxygen atoms in total. The molecule has 1 atom stereocenters. The van der Waals surface area contributed by atoms with E-state index in [9.17, 15) is 24.8 Å². The Morgan fingerprint density at radius 1 is 1.03 bits per heavy atom. The fourth-order valence-corrected chi connectivity index (χ4v) is 3.22. The van der Waals surface area contributed by atoms with Gasteiger partial charge in [0.1, 0.15) is 0 Å². The van der Waals surface area contributed by atoms with Crippen LogP contribution in [0.15, 0.2) is 66.0 Å². The average Bonchev–Trinajstić information content (AvgIpc) is 3.27. The van der Waals surface area contributed by atoms with Crippen molar-refractivity contribution in [3.63, 3.8) is 0 Å². The van der Waals surface area contributed by atoms with Gasteiger partial charge in [0.25, 0.3) is 17.5 Å². The van der Waals surface area contributed by atoms with Crippen LogP contribution in [0.5, 0.6) is 0 Å². The number of anilines is 1. The van der Waals surface area contributed by atoms with E-state index in [-0.39, 0.29) is 23.7 Å². The van der Waals surface area contributed by atoms with Gasteiger partial charge in [-0.05, 0) is 41.3 Å². The van der Waals surface area contributed by atoms with Crippen molar-refractivity contribution < 1.29 is 19.6 Å². The van der Waals surface area contributed by atoms with Crippen molar-refractivity contribution >= 4 is 34.5 Å². The number of aliphatic hydroxyl groups is 1. The van der Waals surface area contributed by atoms with Crippen LogP contribution in [0.4, 0.5) is 11.4 Å². The highest BCUT2D eigenvalue weighted by Crippen LogP contribution is 2.20. The van der Waals surface area contributed by atoms with Gasteiger partial charge in [-0.2, -0.15) is 0 Å². The molecule has 3 aromatic rings. The van der Waals surface area contributed by atoms with Gasteiger partial charge in [-0.3, -0.25) is 19.7 Å². The van der Waals surface area contributed by atoms with Crippen molar-refractivity contribution in [3.8, 4) is 0 Å². The molecule has 1 aromatic heterocycles. The minimum Gasteiger partial charge on any atom is -0.387 e. The first-order valence-corrected chi connectivity index (χ1v) is 9.48. The molecule has 29 heavy (non-hydrogen) atoms. The van der Waals surface area contributed by atoms with Crippen LogP contribution in [0.3, 0.4) is 0 Å². The Kier molecular flexibility index (Phi) is 6.32. The van der Waals surface area contributed by atoms with E-state index in [4.69, 9.17) is 0 Å². The molecule has 2 amide bonds. The van der Waals surface area contributed by atoms with E-state index in [0.717, 1.165) is 0 Å². The van der Waals surface area contributed by atoms with Gasteiger partial charge in [0.05, 0.1) is 27.2 Å². The molecular formula is C20H17N3O5S. The summed E-state index contributed by atoms with van der Waals surface area (Å²) in [5.74, 6) is -0.779. The molecule has 0 radical (unpaired) electrons. The molecule has 0 saturated carbocycles. The van der Waals surface area contributed by atoms with Crippen molar-refractivity contribution in [2.24, 2.45) is 0 Å². The van der Waals surface area contributed by atoms with Crippen molar-refractivity contribution in [1.29, 1.82) is 0 Å². The number of nitrogens with zero attached hydrogens (tertiary/aromatic N) is 1. The number of benzene rings is 2. The highest BCUT2D eigenvalue weighted by atomic mass is 32.1. The summed E-state index contributed by atoms with van der Waals surface area (Å²) in [5.41, 5.74) is 0.970. The van der Waals surface area contributed by atoms with Gasteiger partial charge in [0, 0.05) is 18.7 Å². The van der Waals surface area contributed by atoms with Crippen molar-refractivity contribution in [1.82, 2.24) is 5.32 Å². The van der Waals surface area contributed by atoms with Crippen LogP contribution in [-0.2, 0) is 0 Å². The molecule has 0 unspecified atom stereocenters. The highest BCUT2D eigenvalue weighted by molar-refractivity contribution is 7.12. The highest BCUT2D eigenvalue weighted by Gasteiger charge is 2.16. The van der Waals surface area contributed by atoms with E-state index >= 15 is 0 Å². The Morgan fingerprint density at radius 2 is 1.76 bits per heavy atom. The van der Waals surface area contributed by atoms with Gasteiger partial charge in [-0.1, -0.05) is 18.2 Å². The first-order valence-electron chi connectivity index (χ1n) is 8.60. The van der Waals surface area contributed by atoms with Gasteiger partial charge < -0.3 is 15.7 Å². The summed E-state index contributed by atoms with van der Waals surface area (Å²) in [6.07, 6.45) is -1.03. The van der Waals surface area contributed by atoms with Crippen LogP contribution in [0.2, 0.25) is 0 Å². The Labute approximate surface area is 170 Å². The monoisotopic (exact) mass is 411 g/mol. The third-order valence-corrected chi connectivity index (χ3v) is 4.98. The smallest absolute Gasteiger partial charge is 0.269 e. The molecule has 0 spiro atoms. The molecule has 2 aromatic carbocycles. The van der Waals surface area contributed by atoms with Crippen LogP contribution in [0.1, 0.15) is 31.7 Å². The second-order valence-corrected chi connectivity index (χ2v) is 7.00. The third kappa shape index (κ3) is 5.03. The molecule has 9 heteroatoms. The molecule has 0 bridgehead atoms. The summed E-state index contributed by atoms with van der Waals surface area (Å²) in [6.45, 7) is -0.0934. The summed E-state index contributed by atoms with van der Waals surface area (Å²) >= 11 is 1.29. The summed E-state index contributed by atoms with van der Waals surface area (Å²) < 4.78 is 0. The molecular weight excluding hydrogens is 394 g/mol. The number of rotatable bonds is 7. The molecule has 0 fully saturated rings. The maximum Gasteiger partial charge on any atom is 0.269 e. The van der Waals surface area contributed by atoms with E-state index in [0.29, 0.717) is 16.1 Å². The number of amides is 2. The minimum absolute atomic E-state index is 0.0830. The Hall–Kier alpha value is -3.56. The summed E-state index contributed by atoms with van der Waals surface area (Å²) in [4.78, 5) is 35.5. The molecule has 0 aliphatic rings. The van der Waals surface area contributed by atoms with Crippen LogP contribution in [0.25, 0.3) is 0 Å². The lowest BCUT2D eigenvalue weighted by Crippen LogP contribution is -2.29. The van der Waals surface area contributed by atoms with Gasteiger partial charge >= 0.3 is 0 Å². The molecule has 0 aliphatic heterocycles. The van der Waals surface area contributed by atoms with E-state index in [1.165, 1.54) is 35.6 Å². The van der Waals surface area contributed by atoms with E-state index in [2.05, 4.69) is 10.6 Å². The molecule has 3 N–H and O–H groups in total. The summed E-state index contributed by atoms with van der Waals surface area (Å²) in [5, 5.41) is 28.0. The predicted octanol–water partition coefficient (Wildman–Crippen LogP) is 3.37. The number of nitro benzene ring substituents is 1. The number of non-ortho nitro benzene ring substituents is 1. The lowest BCUT2D eigenvalue weighted by atomic mass is 10.1. The number of hydrogen-bond acceptors (Lipinski definition) is 6. The van der Waals surface area contributed by atoms with Crippen LogP contribution in [-0.4, -0.2) is 28.4 Å². The van der Waals surface area contributed by atoms with Gasteiger partial charge in [-0.25, -0.2) is 0 Å². The van der Waals surface area contributed by atoms with E-state index in [1.54, 1.807) is 41.8 Å². The second-order valence-electron chi connectivity index (χ2n) is 6.05. The lowest BCUT2D eigenvalue weighted by Gasteiger charge is -2.14. The van der Waals surface area contributed by atoms with E-state index in [1.807, 2.05) is 0 Å². The maximum absolute atomic E-state index is 12.6. The molecule has 0 saturated heterocycles. The van der Waals surface area contributed by atoms with Crippen LogP contribution < -0.4 is 10.6 Å². The standard InChI is InChI=1S/C20H17N3O5S/c24-17(13-7-9-14(10-8-13)23(27)28)12-21-19(25)15-4-1-2-5-16(15)22-20(26)18-6-3-11-29-18/h1-11,17,24H,12H2,(H,21,25)(H,22,26)/t17-/m0/s1. The quantitative estimate of drug-likeness (QED) is 0.406. The number of thiophene rings is 1. The number of carbonyl (C=O) groups excluding carboxylic acids is 2. The largest absolute Gasteiger partial charge is 0.387 e. The van der Waals surface area contributed by atoms with Crippen molar-refractivity contribution in [2.75, 3.05) is 11.9 Å². The molecule has 148 valence electrons. The van der Waals surface area contributed by atoms with Crippen molar-refractivity contribution in [2.45, 2.75) is 6.10 Å². The zero-order chi connectivity index (χ0) is 20.8. The normalized spacial score (nSPS) is 11.5. The number of nitrogens with one attached hydrogen (secondary N) is 2. The van der Waals surface area contributed by atoms with Gasteiger partial charge in [-0.15, -0.1) is 11.3 Å².